The number of allylic oxidation sites excluding steroid dienone is 2. The van der Waals surface area contributed by atoms with E-state index in [1.807, 2.05) is 0 Å². The molecular weight excluding hydrogens is 140 g/mol. The summed E-state index contributed by atoms with van der Waals surface area (Å²) in [7, 11) is 0. The third kappa shape index (κ3) is 1.30. The lowest BCUT2D eigenvalue weighted by molar-refractivity contribution is -0.143. The summed E-state index contributed by atoms with van der Waals surface area (Å²) in [6.45, 7) is 0. The Labute approximate surface area is 66.2 Å². The molecule has 0 aromatic heterocycles. The molecule has 2 rings (SSSR count). The van der Waals surface area contributed by atoms with Gasteiger partial charge in [-0.3, -0.25) is 4.79 Å². The Hall–Kier alpha value is -0.790. The zero-order chi connectivity index (χ0) is 7.68. The molecule has 2 aliphatic rings. The van der Waals surface area contributed by atoms with Gasteiger partial charge in [-0.2, -0.15) is 0 Å². The van der Waals surface area contributed by atoms with Gasteiger partial charge in [-0.1, -0.05) is 0 Å². The molecule has 1 heterocycles. The van der Waals surface area contributed by atoms with Gasteiger partial charge in [-0.15, -0.1) is 0 Å². The van der Waals surface area contributed by atoms with Crippen LogP contribution in [0.25, 0.3) is 0 Å². The van der Waals surface area contributed by atoms with Crippen LogP contribution in [0, 0.1) is 5.92 Å². The lowest BCUT2D eigenvalue weighted by atomic mass is 9.88. The van der Waals surface area contributed by atoms with Gasteiger partial charge in [0.25, 0.3) is 0 Å². The quantitative estimate of drug-likeness (QED) is 0.496. The van der Waals surface area contributed by atoms with E-state index in [0.717, 1.165) is 18.6 Å². The molecule has 1 fully saturated rings. The largest absolute Gasteiger partial charge is 0.431 e. The van der Waals surface area contributed by atoms with Crippen LogP contribution in [0.1, 0.15) is 32.1 Å². The maximum Gasteiger partial charge on any atom is 0.310 e. The molecule has 1 unspecified atom stereocenters. The van der Waals surface area contributed by atoms with Crippen LogP contribution in [-0.2, 0) is 9.53 Å². The zero-order valence-electron chi connectivity index (χ0n) is 6.51. The average molecular weight is 152 g/mol. The van der Waals surface area contributed by atoms with Gasteiger partial charge in [0.1, 0.15) is 5.76 Å². The smallest absolute Gasteiger partial charge is 0.310 e. The predicted octanol–water partition coefficient (Wildman–Crippen LogP) is 2.01. The number of fused-ring (bicyclic) bond motifs is 1. The van der Waals surface area contributed by atoms with Gasteiger partial charge in [0.15, 0.2) is 0 Å². The topological polar surface area (TPSA) is 26.3 Å². The molecule has 60 valence electrons. The third-order valence-electron chi connectivity index (χ3n) is 2.43. The van der Waals surface area contributed by atoms with Crippen LogP contribution in [0.3, 0.4) is 0 Å². The second-order valence-electron chi connectivity index (χ2n) is 3.25. The van der Waals surface area contributed by atoms with Crippen molar-refractivity contribution in [2.75, 3.05) is 0 Å². The van der Waals surface area contributed by atoms with Crippen molar-refractivity contribution in [3.05, 3.63) is 11.8 Å². The molecule has 0 bridgehead atoms. The lowest BCUT2D eigenvalue weighted by Gasteiger charge is -2.27. The molecule has 0 radical (unpaired) electrons. The summed E-state index contributed by atoms with van der Waals surface area (Å²) in [5.41, 5.74) is 0. The number of hydrogen-bond donors (Lipinski definition) is 0. The fourth-order valence-corrected chi connectivity index (χ4v) is 1.80. The average Bonchev–Trinajstić information content (AvgIpc) is 2.04. The highest BCUT2D eigenvalue weighted by molar-refractivity contribution is 5.71. The predicted molar refractivity (Wildman–Crippen MR) is 40.8 cm³/mol. The van der Waals surface area contributed by atoms with Gasteiger partial charge in [0.05, 0.1) is 0 Å². The molecule has 0 spiro atoms. The van der Waals surface area contributed by atoms with Crippen molar-refractivity contribution in [3.63, 3.8) is 0 Å². The highest BCUT2D eigenvalue weighted by Crippen LogP contribution is 2.33. The van der Waals surface area contributed by atoms with Crippen LogP contribution in [0.5, 0.6) is 0 Å². The summed E-state index contributed by atoms with van der Waals surface area (Å²) in [5.74, 6) is 1.46. The second-order valence-corrected chi connectivity index (χ2v) is 3.25. The first kappa shape index (κ1) is 6.89. The summed E-state index contributed by atoms with van der Waals surface area (Å²) in [5, 5.41) is 0. The normalized spacial score (nSPS) is 30.4. The molecule has 0 amide bonds. The van der Waals surface area contributed by atoms with E-state index in [2.05, 4.69) is 6.08 Å². The summed E-state index contributed by atoms with van der Waals surface area (Å²) >= 11 is 0. The molecule has 1 aliphatic carbocycles. The van der Waals surface area contributed by atoms with Gasteiger partial charge in [0.2, 0.25) is 0 Å². The van der Waals surface area contributed by atoms with E-state index in [1.54, 1.807) is 0 Å². The van der Waals surface area contributed by atoms with Crippen molar-refractivity contribution in [2.24, 2.45) is 5.92 Å². The Morgan fingerprint density at radius 2 is 2.36 bits per heavy atom. The molecule has 1 saturated heterocycles. The first-order chi connectivity index (χ1) is 5.36. The van der Waals surface area contributed by atoms with E-state index >= 15 is 0 Å². The maximum absolute atomic E-state index is 10.9. The molecular formula is C9H12O2. The van der Waals surface area contributed by atoms with Crippen LogP contribution < -0.4 is 0 Å². The molecule has 0 saturated carbocycles. The van der Waals surface area contributed by atoms with Crippen LogP contribution in [0.15, 0.2) is 11.8 Å². The van der Waals surface area contributed by atoms with Gasteiger partial charge >= 0.3 is 5.97 Å². The Bertz CT molecular complexity index is 206. The Balaban J connectivity index is 2.13. The minimum absolute atomic E-state index is 0.0469. The summed E-state index contributed by atoms with van der Waals surface area (Å²) < 4.78 is 5.11. The van der Waals surface area contributed by atoms with Crippen molar-refractivity contribution in [2.45, 2.75) is 32.1 Å². The molecule has 2 nitrogen and oxygen atoms in total. The lowest BCUT2D eigenvalue weighted by Crippen LogP contribution is -2.21. The standard InChI is InChI=1S/C9H12O2/c10-9-6-5-7-3-1-2-4-8(7)11-9/h4,7H,1-3,5-6H2. The maximum atomic E-state index is 10.9. The van der Waals surface area contributed by atoms with Crippen molar-refractivity contribution >= 4 is 5.97 Å². The molecule has 1 atom stereocenters. The molecule has 0 N–H and O–H groups in total. The Morgan fingerprint density at radius 3 is 3.27 bits per heavy atom. The molecule has 1 aliphatic heterocycles. The van der Waals surface area contributed by atoms with E-state index in [1.165, 1.54) is 12.8 Å². The highest BCUT2D eigenvalue weighted by Gasteiger charge is 2.26. The minimum atomic E-state index is -0.0469. The van der Waals surface area contributed by atoms with Crippen molar-refractivity contribution in [1.29, 1.82) is 0 Å². The first-order valence-corrected chi connectivity index (χ1v) is 4.27. The fourth-order valence-electron chi connectivity index (χ4n) is 1.80. The van der Waals surface area contributed by atoms with E-state index in [0.29, 0.717) is 12.3 Å². The Morgan fingerprint density at radius 1 is 1.45 bits per heavy atom. The summed E-state index contributed by atoms with van der Waals surface area (Å²) in [6, 6.07) is 0. The van der Waals surface area contributed by atoms with Crippen LogP contribution in [0.2, 0.25) is 0 Å². The third-order valence-corrected chi connectivity index (χ3v) is 2.43. The van der Waals surface area contributed by atoms with E-state index < -0.39 is 0 Å². The number of ether oxygens (including phenoxy) is 1. The SMILES string of the molecule is O=C1CCC2CCCC=C2O1. The van der Waals surface area contributed by atoms with E-state index in [4.69, 9.17) is 4.74 Å². The molecule has 0 aromatic carbocycles. The first-order valence-electron chi connectivity index (χ1n) is 4.27. The molecule has 0 aromatic rings. The van der Waals surface area contributed by atoms with Gasteiger partial charge in [-0.25, -0.2) is 0 Å². The summed E-state index contributed by atoms with van der Waals surface area (Å²) in [4.78, 5) is 10.9. The van der Waals surface area contributed by atoms with Gasteiger partial charge in [0, 0.05) is 12.3 Å². The van der Waals surface area contributed by atoms with Gasteiger partial charge < -0.3 is 4.74 Å². The zero-order valence-corrected chi connectivity index (χ0v) is 6.51. The van der Waals surface area contributed by atoms with Crippen molar-refractivity contribution in [3.8, 4) is 0 Å². The monoisotopic (exact) mass is 152 g/mol. The van der Waals surface area contributed by atoms with Crippen LogP contribution >= 0.6 is 0 Å². The minimum Gasteiger partial charge on any atom is -0.431 e. The summed E-state index contributed by atoms with van der Waals surface area (Å²) in [6.07, 6.45) is 7.24. The van der Waals surface area contributed by atoms with Gasteiger partial charge in [-0.05, 0) is 31.8 Å². The van der Waals surface area contributed by atoms with Crippen LogP contribution in [0.4, 0.5) is 0 Å². The second kappa shape index (κ2) is 2.68. The number of hydrogen-bond acceptors (Lipinski definition) is 2. The molecule has 2 heteroatoms. The number of rotatable bonds is 0. The van der Waals surface area contributed by atoms with Crippen molar-refractivity contribution < 1.29 is 9.53 Å². The van der Waals surface area contributed by atoms with E-state index in [9.17, 15) is 4.79 Å². The number of esters is 1. The fraction of sp³-hybridized carbons (Fsp3) is 0.667. The number of carbonyl (C=O) groups excluding carboxylic acids is 1. The highest BCUT2D eigenvalue weighted by atomic mass is 16.5. The Kier molecular flexibility index (Phi) is 1.68. The van der Waals surface area contributed by atoms with E-state index in [-0.39, 0.29) is 5.97 Å². The number of carbonyl (C=O) groups is 1. The van der Waals surface area contributed by atoms with Crippen molar-refractivity contribution in [1.82, 2.24) is 0 Å². The van der Waals surface area contributed by atoms with Crippen LogP contribution in [-0.4, -0.2) is 5.97 Å². The molecule has 11 heavy (non-hydrogen) atoms.